The van der Waals surface area contributed by atoms with E-state index in [1.807, 2.05) is 0 Å². The highest BCUT2D eigenvalue weighted by atomic mass is 16.1. The lowest BCUT2D eigenvalue weighted by molar-refractivity contribution is 0.343. The molecule has 0 unspecified atom stereocenters. The Labute approximate surface area is 77.4 Å². The zero-order chi connectivity index (χ0) is 9.10. The van der Waals surface area contributed by atoms with Crippen molar-refractivity contribution in [1.82, 2.24) is 9.55 Å². The van der Waals surface area contributed by atoms with Gasteiger partial charge in [-0.05, 0) is 12.8 Å². The Morgan fingerprint density at radius 3 is 2.77 bits per heavy atom. The quantitative estimate of drug-likeness (QED) is 0.656. The molecular weight excluding hydrogens is 164 g/mol. The highest BCUT2D eigenvalue weighted by Gasteiger charge is 2.15. The lowest BCUT2D eigenvalue weighted by Crippen LogP contribution is -2.25. The molecule has 1 aliphatic carbocycles. The molecule has 1 aromatic rings. The fraction of sp³-hybridized carbons (Fsp3) is 0.600. The topological polar surface area (TPSA) is 34.9 Å². The fourth-order valence-corrected chi connectivity index (χ4v) is 1.99. The van der Waals surface area contributed by atoms with Gasteiger partial charge in [-0.1, -0.05) is 19.3 Å². The Kier molecular flexibility index (Phi) is 2.43. The summed E-state index contributed by atoms with van der Waals surface area (Å²) in [7, 11) is 0. The summed E-state index contributed by atoms with van der Waals surface area (Å²) in [6.45, 7) is 0. The first-order chi connectivity index (χ1) is 6.38. The Morgan fingerprint density at radius 2 is 2.08 bits per heavy atom. The zero-order valence-corrected chi connectivity index (χ0v) is 7.65. The summed E-state index contributed by atoms with van der Waals surface area (Å²) in [6, 6.07) is 1.93. The Balaban J connectivity index is 2.24. The molecule has 13 heavy (non-hydrogen) atoms. The third-order valence-corrected chi connectivity index (χ3v) is 2.72. The molecule has 1 saturated carbocycles. The molecule has 1 aliphatic rings. The first-order valence-corrected chi connectivity index (χ1v) is 4.90. The third kappa shape index (κ3) is 1.79. The van der Waals surface area contributed by atoms with Crippen LogP contribution in [0.4, 0.5) is 0 Å². The first kappa shape index (κ1) is 8.48. The van der Waals surface area contributed by atoms with E-state index in [1.165, 1.54) is 25.3 Å². The maximum atomic E-state index is 11.4. The molecule has 0 saturated heterocycles. The van der Waals surface area contributed by atoms with Crippen LogP contribution in [0.3, 0.4) is 0 Å². The monoisotopic (exact) mass is 178 g/mol. The lowest BCUT2D eigenvalue weighted by atomic mass is 9.95. The highest BCUT2D eigenvalue weighted by Crippen LogP contribution is 2.26. The van der Waals surface area contributed by atoms with Crippen LogP contribution in [0, 0.1) is 0 Å². The van der Waals surface area contributed by atoms with Crippen molar-refractivity contribution in [3.05, 3.63) is 28.9 Å². The van der Waals surface area contributed by atoms with Crippen LogP contribution in [-0.2, 0) is 0 Å². The van der Waals surface area contributed by atoms with Gasteiger partial charge in [-0.15, -0.1) is 0 Å². The summed E-state index contributed by atoms with van der Waals surface area (Å²) in [5.74, 6) is 0. The maximum absolute atomic E-state index is 11.4. The minimum Gasteiger partial charge on any atom is -0.296 e. The lowest BCUT2D eigenvalue weighted by Gasteiger charge is -2.22. The van der Waals surface area contributed by atoms with Crippen molar-refractivity contribution >= 4 is 0 Å². The van der Waals surface area contributed by atoms with Gasteiger partial charge in [-0.2, -0.15) is 0 Å². The molecule has 0 atom stereocenters. The Hall–Kier alpha value is -1.12. The van der Waals surface area contributed by atoms with Crippen LogP contribution >= 0.6 is 0 Å². The van der Waals surface area contributed by atoms with Gasteiger partial charge in [0.2, 0.25) is 0 Å². The van der Waals surface area contributed by atoms with E-state index in [-0.39, 0.29) is 5.56 Å². The molecule has 0 spiro atoms. The van der Waals surface area contributed by atoms with Gasteiger partial charge < -0.3 is 0 Å². The third-order valence-electron chi connectivity index (χ3n) is 2.72. The van der Waals surface area contributed by atoms with Gasteiger partial charge in [0.1, 0.15) is 0 Å². The smallest absolute Gasteiger partial charge is 0.253 e. The van der Waals surface area contributed by atoms with E-state index >= 15 is 0 Å². The normalized spacial score (nSPS) is 18.8. The molecule has 2 rings (SSSR count). The number of aromatic nitrogens is 2. The molecule has 0 radical (unpaired) electrons. The van der Waals surface area contributed by atoms with E-state index in [0.717, 1.165) is 12.8 Å². The van der Waals surface area contributed by atoms with Crippen LogP contribution in [0.25, 0.3) is 0 Å². The minimum atomic E-state index is 0.0851. The van der Waals surface area contributed by atoms with Gasteiger partial charge in [0.15, 0.2) is 0 Å². The van der Waals surface area contributed by atoms with Crippen molar-refractivity contribution in [2.75, 3.05) is 0 Å². The van der Waals surface area contributed by atoms with Crippen LogP contribution < -0.4 is 5.56 Å². The predicted octanol–water partition coefficient (Wildman–Crippen LogP) is 1.75. The van der Waals surface area contributed by atoms with Crippen molar-refractivity contribution in [1.29, 1.82) is 0 Å². The molecule has 70 valence electrons. The largest absolute Gasteiger partial charge is 0.296 e. The molecule has 1 aromatic heterocycles. The van der Waals surface area contributed by atoms with Gasteiger partial charge in [0.05, 0.1) is 6.33 Å². The van der Waals surface area contributed by atoms with Crippen LogP contribution in [-0.4, -0.2) is 9.55 Å². The summed E-state index contributed by atoms with van der Waals surface area (Å²) < 4.78 is 1.78. The molecular formula is C10H14N2O. The van der Waals surface area contributed by atoms with Crippen molar-refractivity contribution in [3.63, 3.8) is 0 Å². The molecule has 0 amide bonds. The molecule has 3 heteroatoms. The van der Waals surface area contributed by atoms with Gasteiger partial charge >= 0.3 is 0 Å². The Bertz CT molecular complexity index is 326. The van der Waals surface area contributed by atoms with Gasteiger partial charge in [0, 0.05) is 18.3 Å². The molecule has 1 fully saturated rings. The van der Waals surface area contributed by atoms with Crippen LogP contribution in [0.2, 0.25) is 0 Å². The van der Waals surface area contributed by atoms with E-state index in [9.17, 15) is 4.79 Å². The van der Waals surface area contributed by atoms with E-state index < -0.39 is 0 Å². The highest BCUT2D eigenvalue weighted by molar-refractivity contribution is 4.86. The zero-order valence-electron chi connectivity index (χ0n) is 7.65. The predicted molar refractivity (Wildman–Crippen MR) is 50.6 cm³/mol. The van der Waals surface area contributed by atoms with E-state index in [0.29, 0.717) is 6.04 Å². The second-order valence-electron chi connectivity index (χ2n) is 3.62. The van der Waals surface area contributed by atoms with Gasteiger partial charge in [0.25, 0.3) is 5.56 Å². The van der Waals surface area contributed by atoms with Crippen LogP contribution in [0.1, 0.15) is 38.1 Å². The van der Waals surface area contributed by atoms with Crippen LogP contribution in [0.15, 0.2) is 23.4 Å². The van der Waals surface area contributed by atoms with Crippen molar-refractivity contribution in [2.45, 2.75) is 38.1 Å². The summed E-state index contributed by atoms with van der Waals surface area (Å²) in [5.41, 5.74) is 0.0851. The van der Waals surface area contributed by atoms with E-state index in [4.69, 9.17) is 0 Å². The number of hydrogen-bond acceptors (Lipinski definition) is 2. The average Bonchev–Trinajstić information content (AvgIpc) is 2.20. The molecule has 0 aromatic carbocycles. The first-order valence-electron chi connectivity index (χ1n) is 4.90. The standard InChI is InChI=1S/C10H14N2O/c13-10-6-7-11-8-12(10)9-4-2-1-3-5-9/h6-9H,1-5H2. The fourth-order valence-electron chi connectivity index (χ4n) is 1.99. The molecule has 3 nitrogen and oxygen atoms in total. The molecule has 0 bridgehead atoms. The Morgan fingerprint density at radius 1 is 1.31 bits per heavy atom. The van der Waals surface area contributed by atoms with E-state index in [2.05, 4.69) is 4.98 Å². The summed E-state index contributed by atoms with van der Waals surface area (Å²) in [5, 5.41) is 0. The average molecular weight is 178 g/mol. The summed E-state index contributed by atoms with van der Waals surface area (Å²) >= 11 is 0. The second kappa shape index (κ2) is 3.73. The minimum absolute atomic E-state index is 0.0851. The van der Waals surface area contributed by atoms with Crippen LogP contribution in [0.5, 0.6) is 0 Å². The number of hydrogen-bond donors (Lipinski definition) is 0. The van der Waals surface area contributed by atoms with Gasteiger partial charge in [-0.3, -0.25) is 9.36 Å². The van der Waals surface area contributed by atoms with Crippen molar-refractivity contribution in [3.8, 4) is 0 Å². The molecule has 0 N–H and O–H groups in total. The molecule has 0 aliphatic heterocycles. The number of nitrogens with zero attached hydrogens (tertiary/aromatic N) is 2. The summed E-state index contributed by atoms with van der Waals surface area (Å²) in [6.07, 6.45) is 9.28. The molecule has 1 heterocycles. The number of rotatable bonds is 1. The SMILES string of the molecule is O=c1ccncn1C1CCCCC1. The van der Waals surface area contributed by atoms with Crippen molar-refractivity contribution in [2.24, 2.45) is 0 Å². The second-order valence-corrected chi connectivity index (χ2v) is 3.62. The van der Waals surface area contributed by atoms with Gasteiger partial charge in [-0.25, -0.2) is 4.98 Å². The summed E-state index contributed by atoms with van der Waals surface area (Å²) in [4.78, 5) is 15.4. The van der Waals surface area contributed by atoms with E-state index in [1.54, 1.807) is 17.1 Å². The van der Waals surface area contributed by atoms with Crippen molar-refractivity contribution < 1.29 is 0 Å². The maximum Gasteiger partial charge on any atom is 0.253 e.